The SMILES string of the molecule is COc1ccc(CN2CCN([C@H](C)C(=O)Nc3ccccc3F)CC2)cc1. The van der Waals surface area contributed by atoms with Crippen molar-refractivity contribution in [1.29, 1.82) is 0 Å². The van der Waals surface area contributed by atoms with Crippen molar-refractivity contribution in [3.63, 3.8) is 0 Å². The molecule has 1 atom stereocenters. The Labute approximate surface area is 159 Å². The average molecular weight is 371 g/mol. The summed E-state index contributed by atoms with van der Waals surface area (Å²) in [5.41, 5.74) is 1.47. The third-order valence-electron chi connectivity index (χ3n) is 5.03. The molecule has 1 aliphatic rings. The topological polar surface area (TPSA) is 44.8 Å². The van der Waals surface area contributed by atoms with Crippen LogP contribution in [0.1, 0.15) is 12.5 Å². The summed E-state index contributed by atoms with van der Waals surface area (Å²) in [6, 6.07) is 14.0. The van der Waals surface area contributed by atoms with Gasteiger partial charge in [0.05, 0.1) is 18.8 Å². The highest BCUT2D eigenvalue weighted by Crippen LogP contribution is 2.16. The van der Waals surface area contributed by atoms with Crippen molar-refractivity contribution in [2.45, 2.75) is 19.5 Å². The Morgan fingerprint density at radius 1 is 1.11 bits per heavy atom. The number of benzene rings is 2. The number of hydrogen-bond donors (Lipinski definition) is 1. The minimum Gasteiger partial charge on any atom is -0.497 e. The molecule has 5 nitrogen and oxygen atoms in total. The molecule has 1 N–H and O–H groups in total. The van der Waals surface area contributed by atoms with Crippen molar-refractivity contribution in [2.24, 2.45) is 0 Å². The van der Waals surface area contributed by atoms with Gasteiger partial charge >= 0.3 is 0 Å². The number of halogens is 1. The van der Waals surface area contributed by atoms with Crippen LogP contribution in [0.3, 0.4) is 0 Å². The molecule has 2 aromatic carbocycles. The summed E-state index contributed by atoms with van der Waals surface area (Å²) < 4.78 is 18.9. The van der Waals surface area contributed by atoms with Gasteiger partial charge in [0.15, 0.2) is 0 Å². The molecule has 0 aromatic heterocycles. The number of para-hydroxylation sites is 1. The molecule has 1 fully saturated rings. The Morgan fingerprint density at radius 3 is 2.41 bits per heavy atom. The summed E-state index contributed by atoms with van der Waals surface area (Å²) in [6.07, 6.45) is 0. The Balaban J connectivity index is 1.49. The van der Waals surface area contributed by atoms with Crippen molar-refractivity contribution in [3.8, 4) is 5.75 Å². The van der Waals surface area contributed by atoms with E-state index in [4.69, 9.17) is 4.74 Å². The first-order valence-electron chi connectivity index (χ1n) is 9.21. The van der Waals surface area contributed by atoms with Gasteiger partial charge in [0.25, 0.3) is 0 Å². The predicted molar refractivity (Wildman–Crippen MR) is 104 cm³/mol. The maximum Gasteiger partial charge on any atom is 0.241 e. The zero-order valence-electron chi connectivity index (χ0n) is 15.8. The zero-order chi connectivity index (χ0) is 19.2. The van der Waals surface area contributed by atoms with Gasteiger partial charge < -0.3 is 10.1 Å². The Bertz CT molecular complexity index is 758. The van der Waals surface area contributed by atoms with Gasteiger partial charge in [-0.1, -0.05) is 24.3 Å². The van der Waals surface area contributed by atoms with Gasteiger partial charge in [-0.25, -0.2) is 4.39 Å². The van der Waals surface area contributed by atoms with Gasteiger partial charge in [0.2, 0.25) is 5.91 Å². The summed E-state index contributed by atoms with van der Waals surface area (Å²) in [4.78, 5) is 17.0. The zero-order valence-corrected chi connectivity index (χ0v) is 15.8. The van der Waals surface area contributed by atoms with Crippen LogP contribution >= 0.6 is 0 Å². The Morgan fingerprint density at radius 2 is 1.78 bits per heavy atom. The maximum atomic E-state index is 13.7. The molecule has 1 heterocycles. The second kappa shape index (κ2) is 8.97. The molecule has 0 aliphatic carbocycles. The summed E-state index contributed by atoms with van der Waals surface area (Å²) in [7, 11) is 1.66. The van der Waals surface area contributed by atoms with Gasteiger partial charge in [-0.2, -0.15) is 0 Å². The maximum absolute atomic E-state index is 13.7. The van der Waals surface area contributed by atoms with Crippen LogP contribution < -0.4 is 10.1 Å². The molecule has 3 rings (SSSR count). The number of nitrogens with one attached hydrogen (secondary N) is 1. The third-order valence-corrected chi connectivity index (χ3v) is 5.03. The molecule has 27 heavy (non-hydrogen) atoms. The number of hydrogen-bond acceptors (Lipinski definition) is 4. The average Bonchev–Trinajstić information content (AvgIpc) is 2.70. The summed E-state index contributed by atoms with van der Waals surface area (Å²) in [5.74, 6) is 0.268. The molecule has 144 valence electrons. The molecule has 1 amide bonds. The third kappa shape index (κ3) is 5.05. The lowest BCUT2D eigenvalue weighted by Crippen LogP contribution is -2.52. The molecular formula is C21H26FN3O2. The first-order chi connectivity index (χ1) is 13.1. The van der Waals surface area contributed by atoms with Crippen LogP contribution in [-0.2, 0) is 11.3 Å². The smallest absolute Gasteiger partial charge is 0.241 e. The number of ether oxygens (including phenoxy) is 1. The molecule has 0 radical (unpaired) electrons. The molecule has 0 spiro atoms. The minimum absolute atomic E-state index is 0.177. The van der Waals surface area contributed by atoms with Crippen LogP contribution in [0.5, 0.6) is 5.75 Å². The monoisotopic (exact) mass is 371 g/mol. The van der Waals surface area contributed by atoms with E-state index in [9.17, 15) is 9.18 Å². The Hall–Kier alpha value is -2.44. The van der Waals surface area contributed by atoms with E-state index in [1.165, 1.54) is 11.6 Å². The Kier molecular flexibility index (Phi) is 6.42. The molecule has 2 aromatic rings. The van der Waals surface area contributed by atoms with Crippen LogP contribution in [0.4, 0.5) is 10.1 Å². The highest BCUT2D eigenvalue weighted by atomic mass is 19.1. The van der Waals surface area contributed by atoms with Crippen LogP contribution in [0.25, 0.3) is 0 Å². The van der Waals surface area contributed by atoms with E-state index in [-0.39, 0.29) is 17.6 Å². The number of carbonyl (C=O) groups excluding carboxylic acids is 1. The number of carbonyl (C=O) groups is 1. The number of methoxy groups -OCH3 is 1. The number of rotatable bonds is 6. The van der Waals surface area contributed by atoms with Gasteiger partial charge in [0.1, 0.15) is 11.6 Å². The van der Waals surface area contributed by atoms with Crippen LogP contribution in [0.15, 0.2) is 48.5 Å². The first kappa shape index (κ1) is 19.3. The van der Waals surface area contributed by atoms with Crippen LogP contribution in [-0.4, -0.2) is 55.0 Å². The van der Waals surface area contributed by atoms with Crippen LogP contribution in [0, 0.1) is 5.82 Å². The quantitative estimate of drug-likeness (QED) is 0.848. The lowest BCUT2D eigenvalue weighted by molar-refractivity contribution is -0.121. The molecular weight excluding hydrogens is 345 g/mol. The highest BCUT2D eigenvalue weighted by molar-refractivity contribution is 5.94. The fraction of sp³-hybridized carbons (Fsp3) is 0.381. The van der Waals surface area contributed by atoms with Gasteiger partial charge in [-0.3, -0.25) is 14.6 Å². The summed E-state index contributed by atoms with van der Waals surface area (Å²) in [6.45, 7) is 6.15. The molecule has 1 saturated heterocycles. The summed E-state index contributed by atoms with van der Waals surface area (Å²) >= 11 is 0. The molecule has 0 bridgehead atoms. The fourth-order valence-corrected chi connectivity index (χ4v) is 3.26. The van der Waals surface area contributed by atoms with Crippen molar-refractivity contribution in [2.75, 3.05) is 38.6 Å². The number of piperazine rings is 1. The van der Waals surface area contributed by atoms with Crippen molar-refractivity contribution in [3.05, 3.63) is 59.9 Å². The van der Waals surface area contributed by atoms with Gasteiger partial charge in [-0.15, -0.1) is 0 Å². The van der Waals surface area contributed by atoms with E-state index in [1.807, 2.05) is 19.1 Å². The second-order valence-electron chi connectivity index (χ2n) is 6.81. The van der Waals surface area contributed by atoms with E-state index in [0.29, 0.717) is 0 Å². The predicted octanol–water partition coefficient (Wildman–Crippen LogP) is 2.98. The first-order valence-corrected chi connectivity index (χ1v) is 9.21. The van der Waals surface area contributed by atoms with Gasteiger partial charge in [-0.05, 0) is 36.8 Å². The van der Waals surface area contributed by atoms with E-state index in [0.717, 1.165) is 38.5 Å². The molecule has 1 aliphatic heterocycles. The van der Waals surface area contributed by atoms with Gasteiger partial charge in [0, 0.05) is 32.7 Å². The van der Waals surface area contributed by atoms with Crippen molar-refractivity contribution in [1.82, 2.24) is 9.80 Å². The normalized spacial score (nSPS) is 16.7. The lowest BCUT2D eigenvalue weighted by atomic mass is 10.1. The molecule has 0 unspecified atom stereocenters. The van der Waals surface area contributed by atoms with Crippen molar-refractivity contribution < 1.29 is 13.9 Å². The number of amides is 1. The fourth-order valence-electron chi connectivity index (χ4n) is 3.26. The highest BCUT2D eigenvalue weighted by Gasteiger charge is 2.26. The minimum atomic E-state index is -0.414. The standard InChI is InChI=1S/C21H26FN3O2/c1-16(21(26)23-20-6-4-3-5-19(20)22)25-13-11-24(12-14-25)15-17-7-9-18(27-2)10-8-17/h3-10,16H,11-15H2,1-2H3,(H,23,26)/t16-/m1/s1. The second-order valence-corrected chi connectivity index (χ2v) is 6.81. The van der Waals surface area contributed by atoms with E-state index in [2.05, 4.69) is 27.2 Å². The molecule has 6 heteroatoms. The van der Waals surface area contributed by atoms with E-state index in [1.54, 1.807) is 25.3 Å². The van der Waals surface area contributed by atoms with E-state index < -0.39 is 5.82 Å². The number of anilines is 1. The van der Waals surface area contributed by atoms with Crippen molar-refractivity contribution >= 4 is 11.6 Å². The lowest BCUT2D eigenvalue weighted by Gasteiger charge is -2.37. The summed E-state index contributed by atoms with van der Waals surface area (Å²) in [5, 5.41) is 2.69. The van der Waals surface area contributed by atoms with E-state index >= 15 is 0 Å². The molecule has 0 saturated carbocycles. The number of nitrogens with zero attached hydrogens (tertiary/aromatic N) is 2. The van der Waals surface area contributed by atoms with Crippen LogP contribution in [0.2, 0.25) is 0 Å². The largest absolute Gasteiger partial charge is 0.497 e.